The minimum absolute atomic E-state index is 0.126. The third-order valence-electron chi connectivity index (χ3n) is 3.11. The third-order valence-corrected chi connectivity index (χ3v) is 3.77. The van der Waals surface area contributed by atoms with Crippen LogP contribution in [0.15, 0.2) is 46.9 Å². The number of rotatable bonds is 5. The van der Waals surface area contributed by atoms with Gasteiger partial charge in [-0.1, -0.05) is 18.2 Å². The van der Waals surface area contributed by atoms with E-state index in [0.717, 1.165) is 10.2 Å². The van der Waals surface area contributed by atoms with Crippen LogP contribution in [0.25, 0.3) is 0 Å². The molecule has 2 aromatic carbocycles. The average molecular weight is 358 g/mol. The number of nitriles is 1. The van der Waals surface area contributed by atoms with Gasteiger partial charge in [0.15, 0.2) is 0 Å². The first kappa shape index (κ1) is 16.1. The first-order chi connectivity index (χ1) is 10.6. The van der Waals surface area contributed by atoms with Crippen LogP contribution >= 0.6 is 15.9 Å². The number of carbonyl (C=O) groups excluding carboxylic acids is 1. The molecule has 0 atom stereocenters. The number of hydrogen-bond acceptors (Lipinski definition) is 3. The fraction of sp³-hybridized carbons (Fsp3) is 0.176. The Balaban J connectivity index is 1.87. The molecule has 0 unspecified atom stereocenters. The molecule has 5 heteroatoms. The molecule has 0 aliphatic carbocycles. The summed E-state index contributed by atoms with van der Waals surface area (Å²) in [5, 5.41) is 15.0. The second kappa shape index (κ2) is 7.62. The van der Waals surface area contributed by atoms with E-state index in [-0.39, 0.29) is 5.91 Å². The second-order valence-electron chi connectivity index (χ2n) is 4.87. The summed E-state index contributed by atoms with van der Waals surface area (Å²) in [6.07, 6.45) is 0.320. The molecule has 0 aromatic heterocycles. The SMILES string of the molecule is Cc1ccc(NCCC(=O)Nc2ccccc2C#N)c(Br)c1. The van der Waals surface area contributed by atoms with Gasteiger partial charge in [-0.15, -0.1) is 0 Å². The van der Waals surface area contributed by atoms with Gasteiger partial charge in [0.05, 0.1) is 11.3 Å². The van der Waals surface area contributed by atoms with Gasteiger partial charge in [-0.3, -0.25) is 4.79 Å². The summed E-state index contributed by atoms with van der Waals surface area (Å²) >= 11 is 3.49. The number of nitrogens with zero attached hydrogens (tertiary/aromatic N) is 1. The largest absolute Gasteiger partial charge is 0.384 e. The normalized spacial score (nSPS) is 9.86. The molecule has 0 aliphatic rings. The lowest BCUT2D eigenvalue weighted by molar-refractivity contribution is -0.115. The Morgan fingerprint density at radius 1 is 1.23 bits per heavy atom. The smallest absolute Gasteiger partial charge is 0.226 e. The molecular formula is C17H16BrN3O. The lowest BCUT2D eigenvalue weighted by Gasteiger charge is -2.10. The third kappa shape index (κ3) is 4.34. The maximum Gasteiger partial charge on any atom is 0.226 e. The zero-order valence-electron chi connectivity index (χ0n) is 12.2. The second-order valence-corrected chi connectivity index (χ2v) is 5.72. The number of para-hydroxylation sites is 1. The van der Waals surface area contributed by atoms with E-state index < -0.39 is 0 Å². The number of nitrogens with one attached hydrogen (secondary N) is 2. The van der Waals surface area contributed by atoms with Gasteiger partial charge in [0.1, 0.15) is 6.07 Å². The van der Waals surface area contributed by atoms with Crippen LogP contribution in [0.5, 0.6) is 0 Å². The Morgan fingerprint density at radius 3 is 2.73 bits per heavy atom. The predicted molar refractivity (Wildman–Crippen MR) is 91.8 cm³/mol. The molecule has 0 fully saturated rings. The van der Waals surface area contributed by atoms with Crippen molar-refractivity contribution in [3.63, 3.8) is 0 Å². The van der Waals surface area contributed by atoms with E-state index in [1.54, 1.807) is 24.3 Å². The van der Waals surface area contributed by atoms with Gasteiger partial charge in [0.25, 0.3) is 0 Å². The van der Waals surface area contributed by atoms with Gasteiger partial charge in [-0.25, -0.2) is 0 Å². The Kier molecular flexibility index (Phi) is 5.56. The zero-order valence-corrected chi connectivity index (χ0v) is 13.8. The topological polar surface area (TPSA) is 64.9 Å². The fourth-order valence-corrected chi connectivity index (χ4v) is 2.61. The minimum Gasteiger partial charge on any atom is -0.384 e. The summed E-state index contributed by atoms with van der Waals surface area (Å²) in [4.78, 5) is 11.9. The van der Waals surface area contributed by atoms with Crippen molar-refractivity contribution in [1.82, 2.24) is 0 Å². The lowest BCUT2D eigenvalue weighted by Crippen LogP contribution is -2.17. The molecule has 1 amide bonds. The van der Waals surface area contributed by atoms with Crippen LogP contribution in [0.1, 0.15) is 17.5 Å². The van der Waals surface area contributed by atoms with Gasteiger partial charge < -0.3 is 10.6 Å². The maximum absolute atomic E-state index is 11.9. The quantitative estimate of drug-likeness (QED) is 0.847. The molecule has 0 saturated carbocycles. The molecule has 2 aromatic rings. The summed E-state index contributed by atoms with van der Waals surface area (Å²) in [7, 11) is 0. The molecule has 0 aliphatic heterocycles. The van der Waals surface area contributed by atoms with Crippen molar-refractivity contribution in [1.29, 1.82) is 5.26 Å². The van der Waals surface area contributed by atoms with Crippen LogP contribution in [-0.2, 0) is 4.79 Å². The van der Waals surface area contributed by atoms with Crippen molar-refractivity contribution < 1.29 is 4.79 Å². The first-order valence-electron chi connectivity index (χ1n) is 6.89. The van der Waals surface area contributed by atoms with Crippen molar-refractivity contribution in [3.8, 4) is 6.07 Å². The van der Waals surface area contributed by atoms with Gasteiger partial charge in [-0.2, -0.15) is 5.26 Å². The highest BCUT2D eigenvalue weighted by Gasteiger charge is 2.06. The highest BCUT2D eigenvalue weighted by Crippen LogP contribution is 2.23. The van der Waals surface area contributed by atoms with Crippen LogP contribution < -0.4 is 10.6 Å². The van der Waals surface area contributed by atoms with E-state index in [0.29, 0.717) is 24.2 Å². The molecule has 22 heavy (non-hydrogen) atoms. The van der Waals surface area contributed by atoms with Crippen LogP contribution in [0.3, 0.4) is 0 Å². The number of hydrogen-bond donors (Lipinski definition) is 2. The van der Waals surface area contributed by atoms with Crippen molar-refractivity contribution >= 4 is 33.2 Å². The number of amides is 1. The van der Waals surface area contributed by atoms with Crippen molar-refractivity contribution in [2.45, 2.75) is 13.3 Å². The van der Waals surface area contributed by atoms with E-state index in [1.807, 2.05) is 25.1 Å². The predicted octanol–water partition coefficient (Wildman–Crippen LogP) is 4.07. The molecule has 0 heterocycles. The van der Waals surface area contributed by atoms with E-state index in [4.69, 9.17) is 5.26 Å². The number of carbonyl (C=O) groups is 1. The molecule has 0 bridgehead atoms. The number of halogens is 1. The van der Waals surface area contributed by atoms with Crippen LogP contribution in [0.4, 0.5) is 11.4 Å². The van der Waals surface area contributed by atoms with Crippen molar-refractivity contribution in [3.05, 3.63) is 58.1 Å². The Hall–Kier alpha value is -2.32. The Morgan fingerprint density at radius 2 is 2.00 bits per heavy atom. The van der Waals surface area contributed by atoms with Crippen LogP contribution in [-0.4, -0.2) is 12.5 Å². The number of benzene rings is 2. The summed E-state index contributed by atoms with van der Waals surface area (Å²) in [6, 6.07) is 15.0. The van der Waals surface area contributed by atoms with E-state index >= 15 is 0 Å². The molecule has 0 spiro atoms. The molecule has 2 N–H and O–H groups in total. The van der Waals surface area contributed by atoms with Crippen molar-refractivity contribution in [2.75, 3.05) is 17.2 Å². The number of anilines is 2. The van der Waals surface area contributed by atoms with E-state index in [9.17, 15) is 4.79 Å². The summed E-state index contributed by atoms with van der Waals surface area (Å²) in [5.41, 5.74) is 3.13. The summed E-state index contributed by atoms with van der Waals surface area (Å²) in [5.74, 6) is -0.126. The standard InChI is InChI=1S/C17H16BrN3O/c1-12-6-7-16(14(18)10-12)20-9-8-17(22)21-15-5-3-2-4-13(15)11-19/h2-7,10,20H,8-9H2,1H3,(H,21,22). The highest BCUT2D eigenvalue weighted by atomic mass is 79.9. The first-order valence-corrected chi connectivity index (χ1v) is 7.68. The van der Waals surface area contributed by atoms with Gasteiger partial charge in [0.2, 0.25) is 5.91 Å². The van der Waals surface area contributed by atoms with Crippen LogP contribution in [0.2, 0.25) is 0 Å². The van der Waals surface area contributed by atoms with E-state index in [2.05, 4.69) is 32.6 Å². The average Bonchev–Trinajstić information content (AvgIpc) is 2.50. The number of aryl methyl sites for hydroxylation is 1. The monoisotopic (exact) mass is 357 g/mol. The molecule has 0 saturated heterocycles. The fourth-order valence-electron chi connectivity index (χ4n) is 1.98. The minimum atomic E-state index is -0.126. The van der Waals surface area contributed by atoms with Gasteiger partial charge in [-0.05, 0) is 52.7 Å². The van der Waals surface area contributed by atoms with Crippen LogP contribution in [0, 0.1) is 18.3 Å². The molecule has 0 radical (unpaired) electrons. The Labute approximate surface area is 138 Å². The van der Waals surface area contributed by atoms with Gasteiger partial charge in [0, 0.05) is 23.1 Å². The molecule has 4 nitrogen and oxygen atoms in total. The lowest BCUT2D eigenvalue weighted by atomic mass is 10.2. The Bertz CT molecular complexity index is 722. The van der Waals surface area contributed by atoms with Crippen molar-refractivity contribution in [2.24, 2.45) is 0 Å². The summed E-state index contributed by atoms with van der Waals surface area (Å²) < 4.78 is 0.975. The summed E-state index contributed by atoms with van der Waals surface area (Å²) in [6.45, 7) is 2.54. The zero-order chi connectivity index (χ0) is 15.9. The molecule has 112 valence electrons. The maximum atomic E-state index is 11.9. The molecule has 2 rings (SSSR count). The molecular weight excluding hydrogens is 342 g/mol. The van der Waals surface area contributed by atoms with Gasteiger partial charge >= 0.3 is 0 Å². The van der Waals surface area contributed by atoms with E-state index in [1.165, 1.54) is 5.56 Å². The highest BCUT2D eigenvalue weighted by molar-refractivity contribution is 9.10.